The average Bonchev–Trinajstić information content (AvgIpc) is 3.24. The van der Waals surface area contributed by atoms with E-state index in [2.05, 4.69) is 79.0 Å². The number of likely N-dealkylation sites (N-methyl/N-ethyl adjacent to an activating group) is 2. The summed E-state index contributed by atoms with van der Waals surface area (Å²) in [6.07, 6.45) is 7.78. The fraction of sp³-hybridized carbons (Fsp3) is 1.00. The van der Waals surface area contributed by atoms with E-state index in [1.54, 1.807) is 0 Å². The van der Waals surface area contributed by atoms with Crippen LogP contribution < -0.4 is 0 Å². The third kappa shape index (κ3) is 3.72. The zero-order valence-electron chi connectivity index (χ0n) is 23.1. The minimum Gasteiger partial charge on any atom is -0.242 e. The molecule has 2 heterocycles. The molecule has 31 heavy (non-hydrogen) atoms. The van der Waals surface area contributed by atoms with Crippen molar-refractivity contribution in [3.8, 4) is 0 Å². The molecule has 4 heteroatoms. The Morgan fingerprint density at radius 3 is 1.74 bits per heavy atom. The van der Waals surface area contributed by atoms with E-state index in [4.69, 9.17) is 0 Å². The van der Waals surface area contributed by atoms with E-state index < -0.39 is 0 Å². The Bertz CT molecular complexity index is 541. The van der Waals surface area contributed by atoms with Gasteiger partial charge in [0, 0.05) is 18.5 Å². The maximum absolute atomic E-state index is 3.12. The molecule has 184 valence electrons. The van der Waals surface area contributed by atoms with Crippen LogP contribution in [0.5, 0.6) is 0 Å². The Morgan fingerprint density at radius 1 is 0.774 bits per heavy atom. The van der Waals surface area contributed by atoms with Crippen molar-refractivity contribution in [1.29, 1.82) is 0 Å². The van der Waals surface area contributed by atoms with Crippen molar-refractivity contribution in [2.45, 2.75) is 138 Å². The van der Waals surface area contributed by atoms with Crippen molar-refractivity contribution in [2.24, 2.45) is 0 Å². The predicted octanol–water partition coefficient (Wildman–Crippen LogP) is 5.88. The van der Waals surface area contributed by atoms with Crippen LogP contribution in [-0.2, 0) is 0 Å². The van der Waals surface area contributed by atoms with Crippen LogP contribution in [0.25, 0.3) is 0 Å². The summed E-state index contributed by atoms with van der Waals surface area (Å²) in [5, 5.41) is 0. The van der Waals surface area contributed by atoms with E-state index in [1.165, 1.54) is 86.8 Å². The fourth-order valence-corrected chi connectivity index (χ4v) is 8.04. The van der Waals surface area contributed by atoms with E-state index in [0.29, 0.717) is 18.1 Å². The molecular weight excluding hydrogens is 380 g/mol. The lowest BCUT2D eigenvalue weighted by molar-refractivity contribution is -1.18. The van der Waals surface area contributed by atoms with Crippen LogP contribution in [0, 0.1) is 0 Å². The van der Waals surface area contributed by atoms with Crippen molar-refractivity contribution >= 4 is 0 Å². The molecule has 4 nitrogen and oxygen atoms in total. The zero-order chi connectivity index (χ0) is 23.4. The van der Waals surface area contributed by atoms with Gasteiger partial charge in [-0.3, -0.25) is 0 Å². The Labute approximate surface area is 196 Å². The van der Waals surface area contributed by atoms with Crippen LogP contribution in [0.1, 0.15) is 108 Å². The van der Waals surface area contributed by atoms with Crippen LogP contribution in [0.3, 0.4) is 0 Å². The molecule has 0 aromatic carbocycles. The van der Waals surface area contributed by atoms with Crippen LogP contribution >= 0.6 is 0 Å². The molecule has 0 amide bonds. The lowest BCUT2D eigenvalue weighted by Gasteiger charge is -2.60. The molecular formula is C27H58N4+2. The number of quaternary nitrogens is 2. The molecule has 0 saturated carbocycles. The van der Waals surface area contributed by atoms with Gasteiger partial charge in [-0.25, -0.2) is 8.97 Å². The molecule has 1 spiro atoms. The predicted molar refractivity (Wildman–Crippen MR) is 136 cm³/mol. The molecule has 5 atom stereocenters. The molecule has 2 saturated heterocycles. The molecule has 2 rings (SSSR count). The van der Waals surface area contributed by atoms with Crippen LogP contribution in [0.2, 0.25) is 0 Å². The summed E-state index contributed by atoms with van der Waals surface area (Å²) in [6.45, 7) is 32.3. The van der Waals surface area contributed by atoms with Gasteiger partial charge in [0.05, 0.1) is 38.8 Å². The molecule has 0 N–H and O–H groups in total. The number of rotatable bonds is 12. The second-order valence-electron chi connectivity index (χ2n) is 10.7. The van der Waals surface area contributed by atoms with E-state index in [9.17, 15) is 0 Å². The second-order valence-corrected chi connectivity index (χ2v) is 10.7. The number of hydrogen-bond donors (Lipinski definition) is 0. The third-order valence-corrected chi connectivity index (χ3v) is 9.80. The molecule has 0 aromatic heterocycles. The first kappa shape index (κ1) is 27.1. The summed E-state index contributed by atoms with van der Waals surface area (Å²) in [7, 11) is 0. The highest BCUT2D eigenvalue weighted by molar-refractivity contribution is 4.98. The van der Waals surface area contributed by atoms with Gasteiger partial charge < -0.3 is 0 Å². The first-order valence-corrected chi connectivity index (χ1v) is 14.1. The van der Waals surface area contributed by atoms with E-state index in [0.717, 1.165) is 6.04 Å². The van der Waals surface area contributed by atoms with Crippen LogP contribution in [-0.4, -0.2) is 88.1 Å². The summed E-state index contributed by atoms with van der Waals surface area (Å²) >= 11 is 0. The van der Waals surface area contributed by atoms with E-state index in [-0.39, 0.29) is 5.91 Å². The van der Waals surface area contributed by atoms with Crippen LogP contribution in [0.4, 0.5) is 0 Å². The lowest BCUT2D eigenvalue weighted by atomic mass is 10.1. The van der Waals surface area contributed by atoms with Crippen molar-refractivity contribution in [1.82, 2.24) is 9.80 Å². The average molecular weight is 439 g/mol. The molecule has 0 bridgehead atoms. The summed E-state index contributed by atoms with van der Waals surface area (Å²) < 4.78 is 2.53. The van der Waals surface area contributed by atoms with Gasteiger partial charge in [-0.2, -0.15) is 9.80 Å². The number of hydrogen-bond acceptors (Lipinski definition) is 2. The van der Waals surface area contributed by atoms with Gasteiger partial charge in [0.25, 0.3) is 0 Å². The highest BCUT2D eigenvalue weighted by atomic mass is 15.9. The van der Waals surface area contributed by atoms with Gasteiger partial charge in [-0.05, 0) is 60.8 Å². The maximum atomic E-state index is 3.12. The van der Waals surface area contributed by atoms with Gasteiger partial charge >= 0.3 is 5.91 Å². The van der Waals surface area contributed by atoms with Crippen molar-refractivity contribution < 1.29 is 8.97 Å². The number of nitrogens with zero attached hydrogens (tertiary/aromatic N) is 4. The highest BCUT2D eigenvalue weighted by Crippen LogP contribution is 2.55. The summed E-state index contributed by atoms with van der Waals surface area (Å²) in [6, 6.07) is 2.69. The Kier molecular flexibility index (Phi) is 9.48. The Hall–Kier alpha value is -0.160. The SMILES string of the molecule is CCCC1C[N+](CC)(CC)C2(N(C(C)CC)CC(CCC)[N+]2(CC)CC)N1C(C)CC. The standard InChI is InChI=1S/C27H58N4/c1-11-19-25-22-30(15-5,16-6)27(29(25)24(10)14-4)28(23(9)13-3)21-26(20-12-2)31(27,17-7)18-8/h23-26H,11-22H2,1-10H3/q+2. The molecule has 0 aliphatic carbocycles. The maximum Gasteiger partial charge on any atom is 0.357 e. The molecule has 2 fully saturated rings. The summed E-state index contributed by atoms with van der Waals surface area (Å²) in [5.74, 6) is 0.0809. The van der Waals surface area contributed by atoms with Crippen molar-refractivity contribution in [3.63, 3.8) is 0 Å². The molecule has 2 aliphatic heterocycles. The minimum atomic E-state index is 0.0809. The monoisotopic (exact) mass is 438 g/mol. The Balaban J connectivity index is 2.95. The second kappa shape index (κ2) is 10.8. The zero-order valence-corrected chi connectivity index (χ0v) is 23.1. The molecule has 2 aliphatic rings. The largest absolute Gasteiger partial charge is 0.357 e. The van der Waals surface area contributed by atoms with Gasteiger partial charge in [-0.15, -0.1) is 0 Å². The normalized spacial score (nSPS) is 32.7. The minimum absolute atomic E-state index is 0.0809. The highest BCUT2D eigenvalue weighted by Gasteiger charge is 2.81. The molecule has 0 aromatic rings. The third-order valence-electron chi connectivity index (χ3n) is 9.80. The van der Waals surface area contributed by atoms with Gasteiger partial charge in [-0.1, -0.05) is 40.5 Å². The Morgan fingerprint density at radius 2 is 1.32 bits per heavy atom. The lowest BCUT2D eigenvalue weighted by Crippen LogP contribution is -2.85. The fourth-order valence-electron chi connectivity index (χ4n) is 8.04. The molecule has 5 unspecified atom stereocenters. The smallest absolute Gasteiger partial charge is 0.242 e. The van der Waals surface area contributed by atoms with Gasteiger partial charge in [0.1, 0.15) is 12.6 Å². The van der Waals surface area contributed by atoms with Gasteiger partial charge in [0.15, 0.2) is 0 Å². The van der Waals surface area contributed by atoms with Crippen molar-refractivity contribution in [3.05, 3.63) is 0 Å². The summed E-state index contributed by atoms with van der Waals surface area (Å²) in [4.78, 5) is 6.19. The molecule has 0 radical (unpaired) electrons. The van der Waals surface area contributed by atoms with Gasteiger partial charge in [0.2, 0.25) is 0 Å². The first-order valence-electron chi connectivity index (χ1n) is 14.1. The quantitative estimate of drug-likeness (QED) is 0.351. The topological polar surface area (TPSA) is 6.48 Å². The van der Waals surface area contributed by atoms with E-state index >= 15 is 0 Å². The summed E-state index contributed by atoms with van der Waals surface area (Å²) in [5.41, 5.74) is 0. The van der Waals surface area contributed by atoms with Crippen molar-refractivity contribution in [2.75, 3.05) is 39.3 Å². The first-order chi connectivity index (χ1) is 14.8. The van der Waals surface area contributed by atoms with Crippen LogP contribution in [0.15, 0.2) is 0 Å². The van der Waals surface area contributed by atoms with E-state index in [1.807, 2.05) is 0 Å².